The molecule has 0 N–H and O–H groups in total. The van der Waals surface area contributed by atoms with Crippen LogP contribution < -0.4 is 9.47 Å². The average molecular weight is 416 g/mol. The third kappa shape index (κ3) is 7.38. The SMILES string of the molecule is [CH2]CCCC[C](OOC(=O)c1ccc(OC)cc1)OOC(=O)c1ccc(OC)cc1. The number of carbonyl (C=O) groups is 2. The minimum absolute atomic E-state index is 0.160. The minimum atomic E-state index is -0.739. The Kier molecular flexibility index (Phi) is 9.63. The van der Waals surface area contributed by atoms with Crippen molar-refractivity contribution in [3.63, 3.8) is 0 Å². The van der Waals surface area contributed by atoms with E-state index in [2.05, 4.69) is 6.92 Å². The number of ether oxygens (including phenoxy) is 2. The smallest absolute Gasteiger partial charge is 0.373 e. The van der Waals surface area contributed by atoms with Crippen LogP contribution in [-0.4, -0.2) is 26.2 Å². The molecule has 0 aliphatic rings. The molecule has 0 aliphatic heterocycles. The highest BCUT2D eigenvalue weighted by Crippen LogP contribution is 2.19. The largest absolute Gasteiger partial charge is 0.497 e. The van der Waals surface area contributed by atoms with E-state index in [1.54, 1.807) is 24.3 Å². The average Bonchev–Trinajstić information content (AvgIpc) is 2.80. The number of methoxy groups -OCH3 is 2. The molecule has 0 heterocycles. The van der Waals surface area contributed by atoms with Gasteiger partial charge in [-0.25, -0.2) is 9.59 Å². The first-order valence-corrected chi connectivity index (χ1v) is 9.28. The van der Waals surface area contributed by atoms with Gasteiger partial charge in [0.1, 0.15) is 11.5 Å². The summed E-state index contributed by atoms with van der Waals surface area (Å²) < 4.78 is 10.1. The predicted octanol–water partition coefficient (Wildman–Crippen LogP) is 4.46. The van der Waals surface area contributed by atoms with Gasteiger partial charge >= 0.3 is 18.2 Å². The molecule has 160 valence electrons. The summed E-state index contributed by atoms with van der Waals surface area (Å²) in [4.78, 5) is 43.8. The van der Waals surface area contributed by atoms with Crippen molar-refractivity contribution in [3.05, 3.63) is 72.9 Å². The summed E-state index contributed by atoms with van der Waals surface area (Å²) in [5, 5.41) is 0. The summed E-state index contributed by atoms with van der Waals surface area (Å²) in [6.07, 6.45) is 2.23. The number of benzene rings is 2. The van der Waals surface area contributed by atoms with Crippen LogP contribution in [0.2, 0.25) is 0 Å². The fraction of sp³-hybridized carbons (Fsp3) is 0.273. The Morgan fingerprint density at radius 1 is 0.700 bits per heavy atom. The summed E-state index contributed by atoms with van der Waals surface area (Å²) in [6, 6.07) is 12.6. The van der Waals surface area contributed by atoms with Gasteiger partial charge in [0.15, 0.2) is 0 Å². The summed E-state index contributed by atoms with van der Waals surface area (Å²) >= 11 is 0. The van der Waals surface area contributed by atoms with Crippen LogP contribution in [0.25, 0.3) is 0 Å². The molecule has 0 bridgehead atoms. The minimum Gasteiger partial charge on any atom is -0.497 e. The van der Waals surface area contributed by atoms with Crippen LogP contribution in [0.4, 0.5) is 0 Å². The number of rotatable bonds is 12. The molecule has 0 aliphatic carbocycles. The first-order chi connectivity index (χ1) is 14.6. The molecular formula is C22H24O8. The quantitative estimate of drug-likeness (QED) is 0.285. The van der Waals surface area contributed by atoms with Crippen molar-refractivity contribution < 1.29 is 38.6 Å². The van der Waals surface area contributed by atoms with Crippen molar-refractivity contribution in [1.29, 1.82) is 0 Å². The number of hydrogen-bond acceptors (Lipinski definition) is 8. The van der Waals surface area contributed by atoms with Gasteiger partial charge in [0.25, 0.3) is 0 Å². The van der Waals surface area contributed by atoms with E-state index in [-0.39, 0.29) is 23.8 Å². The molecular weight excluding hydrogens is 392 g/mol. The predicted molar refractivity (Wildman–Crippen MR) is 106 cm³/mol. The third-order valence-corrected chi connectivity index (χ3v) is 3.95. The Morgan fingerprint density at radius 2 is 1.13 bits per heavy atom. The second kappa shape index (κ2) is 12.5. The maximum atomic E-state index is 12.1. The zero-order valence-electron chi connectivity index (χ0n) is 16.9. The van der Waals surface area contributed by atoms with E-state index in [1.807, 2.05) is 0 Å². The van der Waals surface area contributed by atoms with Gasteiger partial charge < -0.3 is 9.47 Å². The van der Waals surface area contributed by atoms with Gasteiger partial charge in [-0.2, -0.15) is 0 Å². The molecule has 0 fully saturated rings. The summed E-state index contributed by atoms with van der Waals surface area (Å²) in [6.45, 7) is 3.76. The molecule has 2 radical (unpaired) electrons. The molecule has 0 unspecified atom stereocenters. The first-order valence-electron chi connectivity index (χ1n) is 9.28. The van der Waals surface area contributed by atoms with Crippen LogP contribution in [0.15, 0.2) is 48.5 Å². The summed E-state index contributed by atoms with van der Waals surface area (Å²) in [7, 11) is 3.04. The second-order valence-electron chi connectivity index (χ2n) is 6.05. The van der Waals surface area contributed by atoms with Gasteiger partial charge in [0, 0.05) is 6.42 Å². The Hall–Kier alpha value is -3.10. The molecule has 30 heavy (non-hydrogen) atoms. The number of hydrogen-bond donors (Lipinski definition) is 0. The van der Waals surface area contributed by atoms with Crippen LogP contribution in [0.5, 0.6) is 11.5 Å². The van der Waals surface area contributed by atoms with E-state index in [0.717, 1.165) is 6.42 Å². The van der Waals surface area contributed by atoms with Crippen molar-refractivity contribution >= 4 is 11.9 Å². The van der Waals surface area contributed by atoms with Crippen molar-refractivity contribution in [3.8, 4) is 11.5 Å². The molecule has 0 amide bonds. The maximum Gasteiger partial charge on any atom is 0.373 e. The second-order valence-corrected chi connectivity index (χ2v) is 6.05. The first kappa shape index (κ1) is 23.2. The van der Waals surface area contributed by atoms with Gasteiger partial charge in [-0.15, -0.1) is 9.78 Å². The fourth-order valence-corrected chi connectivity index (χ4v) is 2.26. The van der Waals surface area contributed by atoms with Crippen molar-refractivity contribution in [2.24, 2.45) is 0 Å². The molecule has 2 aromatic carbocycles. The standard InChI is InChI=1S/C22H24O8/c1-4-5-6-7-20(27-29-21(23)16-8-12-18(25-2)13-9-16)28-30-22(24)17-10-14-19(26-3)15-11-17/h8-15H,1,4-7H2,2-3H3. The molecule has 2 rings (SSSR count). The van der Waals surface area contributed by atoms with Gasteiger partial charge in [0.05, 0.1) is 25.3 Å². The Morgan fingerprint density at radius 3 is 1.50 bits per heavy atom. The Balaban J connectivity index is 1.89. The van der Waals surface area contributed by atoms with E-state index in [4.69, 9.17) is 29.0 Å². The molecule has 0 atom stereocenters. The fourth-order valence-electron chi connectivity index (χ4n) is 2.26. The summed E-state index contributed by atoms with van der Waals surface area (Å²) in [5.74, 6) is -0.280. The molecule has 0 saturated carbocycles. The zero-order valence-corrected chi connectivity index (χ0v) is 16.9. The van der Waals surface area contributed by atoms with Gasteiger partial charge in [-0.1, -0.05) is 19.8 Å². The normalized spacial score (nSPS) is 10.5. The van der Waals surface area contributed by atoms with E-state index in [1.165, 1.54) is 38.5 Å². The van der Waals surface area contributed by atoms with Crippen molar-refractivity contribution in [1.82, 2.24) is 0 Å². The van der Waals surface area contributed by atoms with Crippen LogP contribution in [0.3, 0.4) is 0 Å². The monoisotopic (exact) mass is 416 g/mol. The van der Waals surface area contributed by atoms with Crippen LogP contribution in [0.1, 0.15) is 46.4 Å². The Bertz CT molecular complexity index is 722. The van der Waals surface area contributed by atoms with E-state index < -0.39 is 11.9 Å². The lowest BCUT2D eigenvalue weighted by molar-refractivity contribution is -0.363. The van der Waals surface area contributed by atoms with E-state index >= 15 is 0 Å². The van der Waals surface area contributed by atoms with Crippen LogP contribution in [0, 0.1) is 13.2 Å². The zero-order chi connectivity index (χ0) is 21.8. The molecule has 0 spiro atoms. The number of unbranched alkanes of at least 4 members (excludes halogenated alkanes) is 2. The van der Waals surface area contributed by atoms with Gasteiger partial charge in [-0.05, 0) is 55.0 Å². The number of carbonyl (C=O) groups excluding carboxylic acids is 2. The van der Waals surface area contributed by atoms with Crippen molar-refractivity contribution in [2.75, 3.05) is 14.2 Å². The lowest BCUT2D eigenvalue weighted by Gasteiger charge is -2.13. The molecule has 8 heteroatoms. The maximum absolute atomic E-state index is 12.1. The molecule has 0 aromatic heterocycles. The lowest BCUT2D eigenvalue weighted by Crippen LogP contribution is -2.16. The highest BCUT2D eigenvalue weighted by Gasteiger charge is 2.21. The third-order valence-electron chi connectivity index (χ3n) is 3.95. The van der Waals surface area contributed by atoms with E-state index in [0.29, 0.717) is 24.3 Å². The Labute approximate surface area is 175 Å². The lowest BCUT2D eigenvalue weighted by atomic mass is 10.2. The van der Waals surface area contributed by atoms with Crippen molar-refractivity contribution in [2.45, 2.75) is 25.7 Å². The molecule has 2 aromatic rings. The van der Waals surface area contributed by atoms with Crippen LogP contribution >= 0.6 is 0 Å². The van der Waals surface area contributed by atoms with Crippen LogP contribution in [-0.2, 0) is 19.6 Å². The topological polar surface area (TPSA) is 89.5 Å². The summed E-state index contributed by atoms with van der Waals surface area (Å²) in [5.41, 5.74) is 0.506. The van der Waals surface area contributed by atoms with E-state index in [9.17, 15) is 9.59 Å². The molecule has 8 nitrogen and oxygen atoms in total. The van der Waals surface area contributed by atoms with Gasteiger partial charge in [0.2, 0.25) is 0 Å². The van der Waals surface area contributed by atoms with Gasteiger partial charge in [-0.3, -0.25) is 9.78 Å². The molecule has 0 saturated heterocycles. The highest BCUT2D eigenvalue weighted by atomic mass is 17.3. The highest BCUT2D eigenvalue weighted by molar-refractivity contribution is 5.89.